The van der Waals surface area contributed by atoms with Crippen molar-refractivity contribution in [3.05, 3.63) is 91.5 Å². The van der Waals surface area contributed by atoms with Crippen molar-refractivity contribution < 1.29 is 56.4 Å². The number of carboxylic acids is 1. The maximum Gasteiger partial charge on any atom is 0.431 e. The van der Waals surface area contributed by atoms with Gasteiger partial charge in [0.15, 0.2) is 6.10 Å². The van der Waals surface area contributed by atoms with Crippen LogP contribution in [0.15, 0.2) is 58.1 Å². The van der Waals surface area contributed by atoms with E-state index < -0.39 is 67.1 Å². The van der Waals surface area contributed by atoms with Crippen molar-refractivity contribution >= 4 is 43.0 Å². The van der Waals surface area contributed by atoms with Gasteiger partial charge in [-0.1, -0.05) is 19.1 Å². The molecule has 1 atom stereocenters. The quantitative estimate of drug-likeness (QED) is 0.0681. The molecule has 0 radical (unpaired) electrons. The number of methoxy groups -OCH3 is 1. The summed E-state index contributed by atoms with van der Waals surface area (Å²) in [5, 5.41) is 24.8. The molecule has 62 heavy (non-hydrogen) atoms. The van der Waals surface area contributed by atoms with Crippen LogP contribution in [-0.2, 0) is 45.1 Å². The molecule has 2 aromatic carbocycles. The van der Waals surface area contributed by atoms with Gasteiger partial charge in [0.2, 0.25) is 17.2 Å². The molecule has 0 amide bonds. The summed E-state index contributed by atoms with van der Waals surface area (Å²) in [6.45, 7) is 9.23. The fraction of sp³-hybridized carbons (Fsp3) is 0.405. The Bertz CT molecular complexity index is 2370. The predicted molar refractivity (Wildman–Crippen MR) is 219 cm³/mol. The summed E-state index contributed by atoms with van der Waals surface area (Å²) in [5.41, 5.74) is -2.56. The van der Waals surface area contributed by atoms with Crippen LogP contribution in [0.5, 0.6) is 11.5 Å². The molecule has 0 bridgehead atoms. The van der Waals surface area contributed by atoms with Gasteiger partial charge in [-0.3, -0.25) is 24.0 Å². The second-order valence-corrected chi connectivity index (χ2v) is 15.2. The third-order valence-corrected chi connectivity index (χ3v) is 8.52. The Kier molecular flexibility index (Phi) is 19.5. The van der Waals surface area contributed by atoms with E-state index in [0.29, 0.717) is 44.8 Å². The maximum atomic E-state index is 13.1. The molecule has 2 heterocycles. The lowest BCUT2D eigenvalue weighted by Crippen LogP contribution is -2.40. The SMILES string of the molecule is CCNc1nc(Cl)nc(NC(C)(C)C#N)n1.CCc1ccc(COc2ccc(-n3c(=O)cc(C(F)(F)F)n(C)c3=O)cc2)c(OC(C)C(=O)OC)c1.O=C(O)CNCP(=O)(O)O. The number of nitriles is 1. The molecule has 0 aliphatic rings. The number of aliphatic carboxylic acids is 1. The molecular weight excluding hydrogens is 870 g/mol. The molecule has 0 spiro atoms. The summed E-state index contributed by atoms with van der Waals surface area (Å²) in [4.78, 5) is 74.5. The van der Waals surface area contributed by atoms with Crippen molar-refractivity contribution in [1.82, 2.24) is 29.4 Å². The minimum Gasteiger partial charge on any atom is -0.489 e. The van der Waals surface area contributed by atoms with Gasteiger partial charge < -0.3 is 39.7 Å². The highest BCUT2D eigenvalue weighted by atomic mass is 35.5. The number of esters is 1. The zero-order valence-corrected chi connectivity index (χ0v) is 36.1. The van der Waals surface area contributed by atoms with Gasteiger partial charge in [0.05, 0.1) is 31.7 Å². The lowest BCUT2D eigenvalue weighted by atomic mass is 10.1. The largest absolute Gasteiger partial charge is 0.489 e. The summed E-state index contributed by atoms with van der Waals surface area (Å²) in [7, 11) is -1.88. The standard InChI is InChI=1S/C25H25F3N2O6.C9H13ClN6.C3H8NO5P/c1-5-16-6-7-17(20(12-16)36-15(2)23(32)34-4)14-35-19-10-8-18(9-11-19)30-22(31)13-21(25(26,27)28)29(3)24(30)33;1-4-12-7-13-6(10)14-8(15-7)16-9(2,3)5-11;5-3(6)1-4-2-10(7,8)9/h6-13,15H,5,14H2,1-4H3;4H2,1-3H3,(H2,12,13,14,15,16);4H,1-2H2,(H,5,6)(H2,7,8,9). The van der Waals surface area contributed by atoms with Gasteiger partial charge in [-0.25, -0.2) is 14.2 Å². The number of carboxylic acid groups (broad SMARTS) is 1. The molecule has 0 saturated heterocycles. The Hall–Kier alpha value is -6.05. The van der Waals surface area contributed by atoms with E-state index in [-0.39, 0.29) is 23.5 Å². The molecular formula is C37H46ClF3N9O11P. The highest BCUT2D eigenvalue weighted by Crippen LogP contribution is 2.32. The summed E-state index contributed by atoms with van der Waals surface area (Å²) in [6, 6.07) is 13.7. The van der Waals surface area contributed by atoms with Crippen molar-refractivity contribution in [3.63, 3.8) is 0 Å². The molecule has 0 saturated carbocycles. The zero-order valence-electron chi connectivity index (χ0n) is 34.5. The first-order valence-corrected chi connectivity index (χ1v) is 20.3. The smallest absolute Gasteiger partial charge is 0.431 e. The van der Waals surface area contributed by atoms with E-state index in [4.69, 9.17) is 46.0 Å². The van der Waals surface area contributed by atoms with Gasteiger partial charge in [-0.15, -0.1) is 0 Å². The number of carbonyl (C=O) groups excluding carboxylic acids is 1. The van der Waals surface area contributed by atoms with Crippen LogP contribution in [0.3, 0.4) is 0 Å². The number of aromatic nitrogens is 5. The van der Waals surface area contributed by atoms with Crippen molar-refractivity contribution in [2.45, 2.75) is 65.5 Å². The van der Waals surface area contributed by atoms with Crippen molar-refractivity contribution in [2.24, 2.45) is 7.05 Å². The van der Waals surface area contributed by atoms with E-state index in [1.807, 2.05) is 32.0 Å². The Morgan fingerprint density at radius 2 is 1.66 bits per heavy atom. The number of nitrogens with zero attached hydrogens (tertiary/aromatic N) is 6. The summed E-state index contributed by atoms with van der Waals surface area (Å²) in [5.74, 6) is -0.163. The van der Waals surface area contributed by atoms with Gasteiger partial charge in [-0.2, -0.15) is 33.4 Å². The van der Waals surface area contributed by atoms with Gasteiger partial charge in [0.25, 0.3) is 5.56 Å². The topological polar surface area (TPSA) is 282 Å². The van der Waals surface area contributed by atoms with E-state index in [0.717, 1.165) is 19.0 Å². The number of rotatable bonds is 16. The number of halogens is 4. The minimum absolute atomic E-state index is 0.0779. The van der Waals surface area contributed by atoms with Crippen LogP contribution in [0.25, 0.3) is 5.69 Å². The Morgan fingerprint density at radius 1 is 1.03 bits per heavy atom. The second-order valence-electron chi connectivity index (χ2n) is 13.2. The van der Waals surface area contributed by atoms with Crippen LogP contribution in [0.1, 0.15) is 51.4 Å². The first-order valence-electron chi connectivity index (χ1n) is 18.2. The first-order chi connectivity index (χ1) is 28.8. The van der Waals surface area contributed by atoms with Crippen molar-refractivity contribution in [1.29, 1.82) is 5.26 Å². The van der Waals surface area contributed by atoms with E-state index in [9.17, 15) is 36.9 Å². The minimum atomic E-state index is -4.84. The van der Waals surface area contributed by atoms with Gasteiger partial charge >= 0.3 is 31.4 Å². The Morgan fingerprint density at radius 3 is 2.19 bits per heavy atom. The number of alkyl halides is 3. The number of aryl methyl sites for hydroxylation is 1. The molecule has 338 valence electrons. The van der Waals surface area contributed by atoms with E-state index in [1.54, 1.807) is 20.8 Å². The maximum absolute atomic E-state index is 13.1. The highest BCUT2D eigenvalue weighted by molar-refractivity contribution is 7.51. The molecule has 0 aliphatic carbocycles. The molecule has 1 unspecified atom stereocenters. The Labute approximate surface area is 357 Å². The average Bonchev–Trinajstić information content (AvgIpc) is 3.18. The lowest BCUT2D eigenvalue weighted by Gasteiger charge is -2.17. The highest BCUT2D eigenvalue weighted by Gasteiger charge is 2.35. The fourth-order valence-electron chi connectivity index (χ4n) is 4.70. The average molecular weight is 916 g/mol. The van der Waals surface area contributed by atoms with Crippen molar-refractivity contribution in [2.75, 3.05) is 37.1 Å². The predicted octanol–water partition coefficient (Wildman–Crippen LogP) is 4.10. The zero-order chi connectivity index (χ0) is 47.0. The first kappa shape index (κ1) is 52.1. The molecule has 2 aromatic heterocycles. The molecule has 20 nitrogen and oxygen atoms in total. The molecule has 4 aromatic rings. The summed E-state index contributed by atoms with van der Waals surface area (Å²) in [6.07, 6.45) is -5.51. The number of ether oxygens (including phenoxy) is 3. The molecule has 4 rings (SSSR count). The third kappa shape index (κ3) is 17.1. The normalized spacial score (nSPS) is 11.7. The Balaban J connectivity index is 0.000000416. The number of hydrogen-bond donors (Lipinski definition) is 6. The van der Waals surface area contributed by atoms with Crippen LogP contribution < -0.4 is 36.7 Å². The van der Waals surface area contributed by atoms with Crippen LogP contribution in [0, 0.1) is 11.3 Å². The number of nitrogens with one attached hydrogen (secondary N) is 3. The molecule has 6 N–H and O–H groups in total. The number of benzene rings is 2. The van der Waals surface area contributed by atoms with Gasteiger partial charge in [-0.05, 0) is 81.6 Å². The van der Waals surface area contributed by atoms with E-state index in [2.05, 4.69) is 37.0 Å². The summed E-state index contributed by atoms with van der Waals surface area (Å²) >= 11 is 5.73. The number of carbonyl (C=O) groups is 2. The third-order valence-electron chi connectivity index (χ3n) is 7.72. The van der Waals surface area contributed by atoms with E-state index in [1.165, 1.54) is 31.4 Å². The van der Waals surface area contributed by atoms with Crippen molar-refractivity contribution in [3.8, 4) is 23.3 Å². The van der Waals surface area contributed by atoms with Crippen LogP contribution in [-0.4, -0.2) is 89.0 Å². The van der Waals surface area contributed by atoms with Gasteiger partial charge in [0, 0.05) is 25.2 Å². The second kappa shape index (κ2) is 23.2. The fourth-order valence-corrected chi connectivity index (χ4v) is 5.26. The van der Waals surface area contributed by atoms with Crippen LogP contribution in [0.4, 0.5) is 25.1 Å². The molecule has 25 heteroatoms. The number of hydrogen-bond acceptors (Lipinski definition) is 15. The molecule has 0 aliphatic heterocycles. The monoisotopic (exact) mass is 915 g/mol. The van der Waals surface area contributed by atoms with E-state index >= 15 is 0 Å². The van der Waals surface area contributed by atoms with Crippen LogP contribution in [0.2, 0.25) is 5.28 Å². The van der Waals surface area contributed by atoms with Crippen LogP contribution >= 0.6 is 19.2 Å². The number of anilines is 2. The lowest BCUT2D eigenvalue weighted by molar-refractivity contribution is -0.148. The summed E-state index contributed by atoms with van der Waals surface area (Å²) < 4.78 is 66.5. The van der Waals surface area contributed by atoms with Gasteiger partial charge in [0.1, 0.15) is 29.3 Å². The molecule has 0 fully saturated rings.